The first kappa shape index (κ1) is 13.7. The zero-order chi connectivity index (χ0) is 13.9. The molecule has 0 aliphatic heterocycles. The van der Waals surface area contributed by atoms with Crippen LogP contribution in [0.3, 0.4) is 0 Å². The Morgan fingerprint density at radius 1 is 1.44 bits per heavy atom. The third kappa shape index (κ3) is 3.92. The molecule has 0 aliphatic rings. The van der Waals surface area contributed by atoms with Crippen molar-refractivity contribution in [3.8, 4) is 5.75 Å². The number of nitro groups is 1. The normalized spacial score (nSPS) is 10.9. The SMILES string of the molecule is CC(=O)Nc1ccc(OC(F)(F)F)c([N+](=O)[O-])c1. The highest BCUT2D eigenvalue weighted by molar-refractivity contribution is 5.89. The fourth-order valence-electron chi connectivity index (χ4n) is 1.15. The lowest BCUT2D eigenvalue weighted by atomic mass is 10.2. The molecule has 0 aliphatic carbocycles. The highest BCUT2D eigenvalue weighted by Crippen LogP contribution is 2.33. The molecule has 0 saturated heterocycles. The molecule has 9 heteroatoms. The van der Waals surface area contributed by atoms with Crippen molar-refractivity contribution in [2.45, 2.75) is 13.3 Å². The van der Waals surface area contributed by atoms with E-state index in [1.807, 2.05) is 0 Å². The Balaban J connectivity index is 3.12. The summed E-state index contributed by atoms with van der Waals surface area (Å²) in [5, 5.41) is 12.8. The second-order valence-corrected chi connectivity index (χ2v) is 3.17. The highest BCUT2D eigenvalue weighted by atomic mass is 19.4. The molecule has 0 unspecified atom stereocenters. The highest BCUT2D eigenvalue weighted by Gasteiger charge is 2.34. The fraction of sp³-hybridized carbons (Fsp3) is 0.222. The molecule has 18 heavy (non-hydrogen) atoms. The van der Waals surface area contributed by atoms with Crippen molar-refractivity contribution >= 4 is 17.3 Å². The van der Waals surface area contributed by atoms with Crippen LogP contribution in [0.2, 0.25) is 0 Å². The van der Waals surface area contributed by atoms with Crippen LogP contribution in [0.1, 0.15) is 6.92 Å². The molecule has 1 aromatic rings. The zero-order valence-electron chi connectivity index (χ0n) is 8.95. The monoisotopic (exact) mass is 264 g/mol. The molecule has 98 valence electrons. The van der Waals surface area contributed by atoms with E-state index in [9.17, 15) is 28.1 Å². The summed E-state index contributed by atoms with van der Waals surface area (Å²) in [6.07, 6.45) is -5.03. The van der Waals surface area contributed by atoms with Gasteiger partial charge < -0.3 is 10.1 Å². The Kier molecular flexibility index (Phi) is 3.74. The molecule has 0 radical (unpaired) electrons. The van der Waals surface area contributed by atoms with Crippen LogP contribution in [0.5, 0.6) is 5.75 Å². The number of amides is 1. The molecular formula is C9H7F3N2O4. The van der Waals surface area contributed by atoms with Crippen molar-refractivity contribution in [3.63, 3.8) is 0 Å². The van der Waals surface area contributed by atoms with Gasteiger partial charge in [0.25, 0.3) is 0 Å². The van der Waals surface area contributed by atoms with Gasteiger partial charge in [-0.1, -0.05) is 0 Å². The summed E-state index contributed by atoms with van der Waals surface area (Å²) in [6, 6.07) is 2.61. The number of ether oxygens (including phenoxy) is 1. The van der Waals surface area contributed by atoms with E-state index >= 15 is 0 Å². The van der Waals surface area contributed by atoms with Crippen molar-refractivity contribution in [1.82, 2.24) is 0 Å². The molecule has 1 rings (SSSR count). The van der Waals surface area contributed by atoms with Gasteiger partial charge >= 0.3 is 12.0 Å². The number of hydrogen-bond donors (Lipinski definition) is 1. The summed E-state index contributed by atoms with van der Waals surface area (Å²) in [5.41, 5.74) is -0.887. The number of rotatable bonds is 3. The van der Waals surface area contributed by atoms with E-state index in [-0.39, 0.29) is 5.69 Å². The maximum absolute atomic E-state index is 12.0. The van der Waals surface area contributed by atoms with Crippen LogP contribution in [-0.4, -0.2) is 17.2 Å². The third-order valence-corrected chi connectivity index (χ3v) is 1.70. The minimum absolute atomic E-state index is 0.00345. The smallest absolute Gasteiger partial charge is 0.398 e. The minimum atomic E-state index is -5.03. The quantitative estimate of drug-likeness (QED) is 0.671. The van der Waals surface area contributed by atoms with Crippen molar-refractivity contribution in [2.75, 3.05) is 5.32 Å². The van der Waals surface area contributed by atoms with Gasteiger partial charge in [-0.2, -0.15) is 0 Å². The number of carbonyl (C=O) groups excluding carboxylic acids is 1. The lowest BCUT2D eigenvalue weighted by Crippen LogP contribution is -2.18. The number of nitro benzene ring substituents is 1. The maximum Gasteiger partial charge on any atom is 0.573 e. The van der Waals surface area contributed by atoms with Gasteiger partial charge in [0.2, 0.25) is 11.7 Å². The number of carbonyl (C=O) groups is 1. The molecule has 0 bridgehead atoms. The molecule has 0 fully saturated rings. The Hall–Kier alpha value is -2.32. The van der Waals surface area contributed by atoms with E-state index in [2.05, 4.69) is 10.1 Å². The molecule has 0 saturated carbocycles. The van der Waals surface area contributed by atoms with Crippen molar-refractivity contribution < 1.29 is 27.6 Å². The fourth-order valence-corrected chi connectivity index (χ4v) is 1.15. The molecule has 0 heterocycles. The predicted molar refractivity (Wildman–Crippen MR) is 54.1 cm³/mol. The average molecular weight is 264 g/mol. The van der Waals surface area contributed by atoms with E-state index in [0.717, 1.165) is 25.1 Å². The van der Waals surface area contributed by atoms with Gasteiger partial charge in [0.1, 0.15) is 0 Å². The van der Waals surface area contributed by atoms with Gasteiger partial charge in [0, 0.05) is 18.7 Å². The van der Waals surface area contributed by atoms with Gasteiger partial charge in [-0.05, 0) is 12.1 Å². The van der Waals surface area contributed by atoms with Gasteiger partial charge in [-0.25, -0.2) is 0 Å². The van der Waals surface area contributed by atoms with Crippen LogP contribution in [-0.2, 0) is 4.79 Å². The summed E-state index contributed by atoms with van der Waals surface area (Å²) in [5.74, 6) is -1.45. The molecule has 6 nitrogen and oxygen atoms in total. The van der Waals surface area contributed by atoms with Gasteiger partial charge in [-0.15, -0.1) is 13.2 Å². The van der Waals surface area contributed by atoms with E-state index in [1.165, 1.54) is 0 Å². The number of nitrogens with one attached hydrogen (secondary N) is 1. The first-order valence-electron chi connectivity index (χ1n) is 4.51. The first-order valence-corrected chi connectivity index (χ1v) is 4.51. The summed E-state index contributed by atoms with van der Waals surface area (Å²) < 4.78 is 39.4. The number of halogens is 3. The molecule has 1 N–H and O–H groups in total. The van der Waals surface area contributed by atoms with Crippen molar-refractivity contribution in [2.24, 2.45) is 0 Å². The standard InChI is InChI=1S/C9H7F3N2O4/c1-5(15)13-6-2-3-8(18-9(10,11)12)7(4-6)14(16)17/h2-4H,1H3,(H,13,15). The maximum atomic E-state index is 12.0. The van der Waals surface area contributed by atoms with E-state index in [4.69, 9.17) is 0 Å². The summed E-state index contributed by atoms with van der Waals surface area (Å²) in [4.78, 5) is 20.3. The molecule has 1 amide bonds. The van der Waals surface area contributed by atoms with Crippen LogP contribution in [0.15, 0.2) is 18.2 Å². The average Bonchev–Trinajstić information content (AvgIpc) is 2.17. The number of anilines is 1. The Labute approximate surface area is 98.5 Å². The summed E-state index contributed by atoms with van der Waals surface area (Å²) in [7, 11) is 0. The van der Waals surface area contributed by atoms with Crippen LogP contribution < -0.4 is 10.1 Å². The van der Waals surface area contributed by atoms with Crippen molar-refractivity contribution in [3.05, 3.63) is 28.3 Å². The molecule has 0 aromatic heterocycles. The van der Waals surface area contributed by atoms with Crippen LogP contribution in [0.25, 0.3) is 0 Å². The molecule has 0 atom stereocenters. The topological polar surface area (TPSA) is 81.5 Å². The van der Waals surface area contributed by atoms with Gasteiger partial charge in [0.05, 0.1) is 4.92 Å². The molecular weight excluding hydrogens is 257 g/mol. The first-order chi connectivity index (χ1) is 8.19. The van der Waals surface area contributed by atoms with Crippen LogP contribution in [0.4, 0.5) is 24.5 Å². The second kappa shape index (κ2) is 4.90. The number of nitrogens with zero attached hydrogens (tertiary/aromatic N) is 1. The third-order valence-electron chi connectivity index (χ3n) is 1.70. The number of hydrogen-bond acceptors (Lipinski definition) is 4. The zero-order valence-corrected chi connectivity index (χ0v) is 8.95. The summed E-state index contributed by atoms with van der Waals surface area (Å²) >= 11 is 0. The minimum Gasteiger partial charge on any atom is -0.398 e. The lowest BCUT2D eigenvalue weighted by molar-refractivity contribution is -0.388. The number of benzene rings is 1. The Morgan fingerprint density at radius 2 is 2.06 bits per heavy atom. The second-order valence-electron chi connectivity index (χ2n) is 3.17. The molecule has 1 aromatic carbocycles. The van der Waals surface area contributed by atoms with E-state index in [0.29, 0.717) is 0 Å². The molecule has 0 spiro atoms. The van der Waals surface area contributed by atoms with Crippen LogP contribution >= 0.6 is 0 Å². The van der Waals surface area contributed by atoms with Gasteiger partial charge in [0.15, 0.2) is 0 Å². The number of alkyl halides is 3. The summed E-state index contributed by atoms with van der Waals surface area (Å²) in [6.45, 7) is 1.16. The van der Waals surface area contributed by atoms with Crippen LogP contribution in [0, 0.1) is 10.1 Å². The van der Waals surface area contributed by atoms with Crippen molar-refractivity contribution in [1.29, 1.82) is 0 Å². The predicted octanol–water partition coefficient (Wildman–Crippen LogP) is 2.45. The Morgan fingerprint density at radius 3 is 2.50 bits per heavy atom. The Bertz CT molecular complexity index is 487. The van der Waals surface area contributed by atoms with E-state index < -0.39 is 28.6 Å². The largest absolute Gasteiger partial charge is 0.573 e. The lowest BCUT2D eigenvalue weighted by Gasteiger charge is -2.10. The van der Waals surface area contributed by atoms with E-state index in [1.54, 1.807) is 0 Å². The van der Waals surface area contributed by atoms with Gasteiger partial charge in [-0.3, -0.25) is 14.9 Å².